The average molecular weight is 221 g/mol. The van der Waals surface area contributed by atoms with Crippen LogP contribution in [0.1, 0.15) is 0 Å². The van der Waals surface area contributed by atoms with Crippen molar-refractivity contribution in [1.29, 1.82) is 0 Å². The fourth-order valence-electron chi connectivity index (χ4n) is 0.975. The highest BCUT2D eigenvalue weighted by Crippen LogP contribution is 2.09. The molecule has 0 aliphatic heterocycles. The van der Waals surface area contributed by atoms with E-state index in [-0.39, 0.29) is 6.29 Å². The van der Waals surface area contributed by atoms with E-state index in [1.165, 1.54) is 7.05 Å². The number of hydrogen-bond acceptors (Lipinski definition) is 6. The summed E-state index contributed by atoms with van der Waals surface area (Å²) in [4.78, 5) is 21.2. The Labute approximate surface area is 86.3 Å². The fourth-order valence-corrected chi connectivity index (χ4v) is 0.975. The van der Waals surface area contributed by atoms with Gasteiger partial charge in [-0.25, -0.2) is 0 Å². The Hall–Kier alpha value is -1.02. The van der Waals surface area contributed by atoms with Gasteiger partial charge in [0.2, 0.25) is 0 Å². The normalized spacial score (nSPS) is 18.7. The van der Waals surface area contributed by atoms with E-state index in [1.807, 2.05) is 0 Å². The molecule has 0 aromatic carbocycles. The highest BCUT2D eigenvalue weighted by molar-refractivity contribution is 5.80. The first-order chi connectivity index (χ1) is 6.99. The zero-order valence-corrected chi connectivity index (χ0v) is 8.20. The second kappa shape index (κ2) is 6.46. The van der Waals surface area contributed by atoms with E-state index in [0.29, 0.717) is 0 Å². The van der Waals surface area contributed by atoms with Crippen molar-refractivity contribution in [2.45, 2.75) is 18.3 Å². The van der Waals surface area contributed by atoms with Crippen molar-refractivity contribution in [2.75, 3.05) is 13.7 Å². The van der Waals surface area contributed by atoms with Gasteiger partial charge in [0.1, 0.15) is 12.4 Å². The van der Waals surface area contributed by atoms with Crippen molar-refractivity contribution in [3.8, 4) is 0 Å². The molecule has 5 N–H and O–H groups in total. The summed E-state index contributed by atoms with van der Waals surface area (Å²) < 4.78 is 0. The molecular weight excluding hydrogens is 206 g/mol. The largest absolute Gasteiger partial charge is 0.396 e. The van der Waals surface area contributed by atoms with E-state index in [2.05, 4.69) is 5.32 Å². The minimum atomic E-state index is -1.85. The average Bonchev–Trinajstić information content (AvgIpc) is 2.27. The van der Waals surface area contributed by atoms with Crippen LogP contribution in [0.4, 0.5) is 0 Å². The number of likely N-dealkylation sites (N-methyl/N-ethyl adjacent to an activating group) is 1. The van der Waals surface area contributed by atoms with Crippen molar-refractivity contribution in [3.05, 3.63) is 0 Å². The number of aliphatic hydroxyl groups excluding tert-OH is 4. The second-order valence-corrected chi connectivity index (χ2v) is 3.02. The molecule has 0 rings (SSSR count). The Bertz CT molecular complexity index is 221. The third-order valence-electron chi connectivity index (χ3n) is 2.01. The summed E-state index contributed by atoms with van der Waals surface area (Å²) in [5.41, 5.74) is 0. The Morgan fingerprint density at radius 2 is 1.87 bits per heavy atom. The smallest absolute Gasteiger partial charge is 0.251 e. The van der Waals surface area contributed by atoms with Crippen LogP contribution < -0.4 is 5.32 Å². The molecule has 0 aromatic heterocycles. The maximum absolute atomic E-state index is 10.9. The van der Waals surface area contributed by atoms with Crippen molar-refractivity contribution < 1.29 is 30.0 Å². The van der Waals surface area contributed by atoms with Gasteiger partial charge in [-0.1, -0.05) is 0 Å². The quantitative estimate of drug-likeness (QED) is 0.298. The number of amides is 1. The van der Waals surface area contributed by atoms with Crippen molar-refractivity contribution in [1.82, 2.24) is 5.32 Å². The van der Waals surface area contributed by atoms with Crippen LogP contribution in [-0.2, 0) is 9.59 Å². The van der Waals surface area contributed by atoms with E-state index in [1.54, 1.807) is 0 Å². The van der Waals surface area contributed by atoms with Gasteiger partial charge in [0.15, 0.2) is 6.10 Å². The summed E-state index contributed by atoms with van der Waals surface area (Å²) in [5.74, 6) is -2.12. The predicted molar refractivity (Wildman–Crippen MR) is 48.7 cm³/mol. The minimum Gasteiger partial charge on any atom is -0.396 e. The molecule has 4 atom stereocenters. The number of hydrogen-bond donors (Lipinski definition) is 5. The first-order valence-electron chi connectivity index (χ1n) is 4.31. The van der Waals surface area contributed by atoms with Crippen LogP contribution in [0.2, 0.25) is 0 Å². The van der Waals surface area contributed by atoms with Crippen LogP contribution in [0.15, 0.2) is 0 Å². The van der Waals surface area contributed by atoms with Crippen LogP contribution >= 0.6 is 0 Å². The SMILES string of the molecule is CNC(=O)C(O)C(O)C(O)C(C=O)CO. The molecule has 0 aliphatic carbocycles. The zero-order chi connectivity index (χ0) is 12.0. The summed E-state index contributed by atoms with van der Waals surface area (Å²) in [6, 6.07) is 0. The summed E-state index contributed by atoms with van der Waals surface area (Å²) >= 11 is 0. The van der Waals surface area contributed by atoms with Crippen LogP contribution in [0, 0.1) is 5.92 Å². The molecule has 0 saturated carbocycles. The molecule has 7 heteroatoms. The number of aliphatic hydroxyl groups is 4. The second-order valence-electron chi connectivity index (χ2n) is 3.02. The maximum Gasteiger partial charge on any atom is 0.251 e. The lowest BCUT2D eigenvalue weighted by Gasteiger charge is -2.24. The lowest BCUT2D eigenvalue weighted by molar-refractivity contribution is -0.146. The molecule has 4 unspecified atom stereocenters. The van der Waals surface area contributed by atoms with Crippen molar-refractivity contribution in [2.24, 2.45) is 5.92 Å². The van der Waals surface area contributed by atoms with Gasteiger partial charge in [0.05, 0.1) is 18.6 Å². The van der Waals surface area contributed by atoms with Gasteiger partial charge in [-0.3, -0.25) is 4.79 Å². The van der Waals surface area contributed by atoms with Gasteiger partial charge in [-0.15, -0.1) is 0 Å². The predicted octanol–water partition coefficient (Wildman–Crippen LogP) is -3.38. The molecule has 88 valence electrons. The first-order valence-corrected chi connectivity index (χ1v) is 4.31. The first kappa shape index (κ1) is 14.0. The van der Waals surface area contributed by atoms with Gasteiger partial charge in [-0.05, 0) is 0 Å². The van der Waals surface area contributed by atoms with Crippen molar-refractivity contribution >= 4 is 12.2 Å². The van der Waals surface area contributed by atoms with Gasteiger partial charge in [0, 0.05) is 7.05 Å². The summed E-state index contributed by atoms with van der Waals surface area (Å²) in [5, 5.41) is 38.5. The molecule has 7 nitrogen and oxygen atoms in total. The van der Waals surface area contributed by atoms with Crippen LogP contribution in [0.3, 0.4) is 0 Å². The van der Waals surface area contributed by atoms with E-state index >= 15 is 0 Å². The number of carbonyl (C=O) groups excluding carboxylic acids is 2. The molecule has 0 aromatic rings. The highest BCUT2D eigenvalue weighted by atomic mass is 16.4. The molecule has 0 aliphatic rings. The molecule has 0 radical (unpaired) electrons. The van der Waals surface area contributed by atoms with E-state index in [9.17, 15) is 24.9 Å². The molecule has 0 fully saturated rings. The molecular formula is C8H15NO6. The van der Waals surface area contributed by atoms with E-state index in [0.717, 1.165) is 0 Å². The third-order valence-corrected chi connectivity index (χ3v) is 2.01. The molecule has 0 bridgehead atoms. The number of nitrogens with one attached hydrogen (secondary N) is 1. The number of rotatable bonds is 6. The summed E-state index contributed by atoms with van der Waals surface area (Å²) in [6.07, 6.45) is -5.13. The Morgan fingerprint density at radius 3 is 2.20 bits per heavy atom. The van der Waals surface area contributed by atoms with Gasteiger partial charge in [-0.2, -0.15) is 0 Å². The van der Waals surface area contributed by atoms with Gasteiger partial charge >= 0.3 is 0 Å². The monoisotopic (exact) mass is 221 g/mol. The van der Waals surface area contributed by atoms with Crippen LogP contribution in [-0.4, -0.2) is 64.6 Å². The third kappa shape index (κ3) is 3.56. The Kier molecular flexibility index (Phi) is 6.02. The lowest BCUT2D eigenvalue weighted by Crippen LogP contribution is -2.49. The Balaban J connectivity index is 4.47. The Morgan fingerprint density at radius 1 is 1.33 bits per heavy atom. The van der Waals surface area contributed by atoms with Crippen LogP contribution in [0.25, 0.3) is 0 Å². The zero-order valence-electron chi connectivity index (χ0n) is 8.20. The van der Waals surface area contributed by atoms with Gasteiger partial charge in [0.25, 0.3) is 5.91 Å². The van der Waals surface area contributed by atoms with E-state index < -0.39 is 36.7 Å². The fraction of sp³-hybridized carbons (Fsp3) is 0.750. The summed E-state index contributed by atoms with van der Waals surface area (Å²) in [6.45, 7) is -0.678. The van der Waals surface area contributed by atoms with E-state index in [4.69, 9.17) is 5.11 Å². The van der Waals surface area contributed by atoms with Crippen molar-refractivity contribution in [3.63, 3.8) is 0 Å². The van der Waals surface area contributed by atoms with Crippen LogP contribution in [0.5, 0.6) is 0 Å². The molecule has 0 heterocycles. The number of aldehydes is 1. The van der Waals surface area contributed by atoms with Gasteiger partial charge < -0.3 is 30.5 Å². The topological polar surface area (TPSA) is 127 Å². The molecule has 0 saturated heterocycles. The minimum absolute atomic E-state index is 0.241. The standard InChI is InChI=1S/C8H15NO6/c1-9-8(15)7(14)6(13)5(12)4(2-10)3-11/h2,4-7,11-14H,3H2,1H3,(H,9,15). The molecule has 1 amide bonds. The molecule has 15 heavy (non-hydrogen) atoms. The number of carbonyl (C=O) groups is 2. The lowest BCUT2D eigenvalue weighted by atomic mass is 9.96. The highest BCUT2D eigenvalue weighted by Gasteiger charge is 2.34. The maximum atomic E-state index is 10.9. The molecule has 0 spiro atoms. The summed E-state index contributed by atoms with van der Waals surface area (Å²) in [7, 11) is 1.24.